The highest BCUT2D eigenvalue weighted by atomic mass is 15.1. The van der Waals surface area contributed by atoms with E-state index in [9.17, 15) is 0 Å². The van der Waals surface area contributed by atoms with Gasteiger partial charge in [-0.3, -0.25) is 0 Å². The molecule has 0 radical (unpaired) electrons. The van der Waals surface area contributed by atoms with Crippen molar-refractivity contribution in [2.75, 3.05) is 0 Å². The highest BCUT2D eigenvalue weighted by Crippen LogP contribution is 2.22. The predicted molar refractivity (Wildman–Crippen MR) is 42.4 cm³/mol. The molecule has 0 aromatic carbocycles. The second-order valence-electron chi connectivity index (χ2n) is 2.58. The second kappa shape index (κ2) is 3.11. The molecule has 0 fully saturated rings. The average molecular weight is 147 g/mol. The molecule has 0 spiro atoms. The number of aromatic nitrogens is 2. The molecule has 0 bridgehead atoms. The molecule has 1 aromatic rings. The Hall–Kier alpha value is -1.43. The van der Waals surface area contributed by atoms with Crippen LogP contribution >= 0.6 is 0 Å². The number of rotatable bonds is 1. The average Bonchev–Trinajstić information content (AvgIpc) is 2.04. The molecule has 0 amide bonds. The molecule has 0 atom stereocenters. The van der Waals surface area contributed by atoms with Crippen LogP contribution in [0.25, 0.3) is 4.85 Å². The Morgan fingerprint density at radius 1 is 1.55 bits per heavy atom. The summed E-state index contributed by atoms with van der Waals surface area (Å²) in [6.45, 7) is 10.9. The van der Waals surface area contributed by atoms with Gasteiger partial charge in [0.2, 0.25) is 0 Å². The van der Waals surface area contributed by atoms with Crippen molar-refractivity contribution in [3.8, 4) is 0 Å². The first-order chi connectivity index (χ1) is 5.25. The lowest BCUT2D eigenvalue weighted by Gasteiger charge is -2.03. The third kappa shape index (κ3) is 1.53. The minimum absolute atomic E-state index is 0.342. The Labute approximate surface area is 65.9 Å². The smallest absolute Gasteiger partial charge is 0.299 e. The lowest BCUT2D eigenvalue weighted by atomic mass is 10.1. The molecular formula is C8H9N3. The molecule has 11 heavy (non-hydrogen) atoms. The first kappa shape index (κ1) is 7.67. The zero-order chi connectivity index (χ0) is 8.27. The van der Waals surface area contributed by atoms with Crippen LogP contribution in [-0.4, -0.2) is 10.2 Å². The number of hydrogen-bond acceptors (Lipinski definition) is 2. The van der Waals surface area contributed by atoms with E-state index in [0.29, 0.717) is 11.7 Å². The SMILES string of the molecule is [C-]#[N+]c1nnccc1C(C)C. The van der Waals surface area contributed by atoms with Crippen LogP contribution in [0.1, 0.15) is 25.3 Å². The minimum Gasteiger partial charge on any atom is -0.359 e. The van der Waals surface area contributed by atoms with Crippen molar-refractivity contribution in [3.05, 3.63) is 29.2 Å². The van der Waals surface area contributed by atoms with E-state index >= 15 is 0 Å². The van der Waals surface area contributed by atoms with Gasteiger partial charge in [-0.1, -0.05) is 25.5 Å². The van der Waals surface area contributed by atoms with Gasteiger partial charge in [-0.15, -0.1) is 0 Å². The molecule has 0 aliphatic heterocycles. The lowest BCUT2D eigenvalue weighted by molar-refractivity contribution is 0.850. The summed E-state index contributed by atoms with van der Waals surface area (Å²) in [4.78, 5) is 3.27. The summed E-state index contributed by atoms with van der Waals surface area (Å²) < 4.78 is 0. The monoisotopic (exact) mass is 147 g/mol. The van der Waals surface area contributed by atoms with Crippen molar-refractivity contribution < 1.29 is 0 Å². The van der Waals surface area contributed by atoms with Crippen LogP contribution < -0.4 is 0 Å². The summed E-state index contributed by atoms with van der Waals surface area (Å²) >= 11 is 0. The fraction of sp³-hybridized carbons (Fsp3) is 0.375. The molecule has 0 saturated heterocycles. The molecule has 56 valence electrons. The summed E-state index contributed by atoms with van der Waals surface area (Å²) in [6.07, 6.45) is 1.62. The Morgan fingerprint density at radius 3 is 2.73 bits per heavy atom. The maximum atomic E-state index is 6.80. The van der Waals surface area contributed by atoms with Crippen LogP contribution in [0.4, 0.5) is 5.82 Å². The molecule has 3 nitrogen and oxygen atoms in total. The van der Waals surface area contributed by atoms with Crippen molar-refractivity contribution in [2.45, 2.75) is 19.8 Å². The molecule has 0 unspecified atom stereocenters. The quantitative estimate of drug-likeness (QED) is 0.570. The first-order valence-electron chi connectivity index (χ1n) is 3.44. The van der Waals surface area contributed by atoms with Gasteiger partial charge >= 0.3 is 0 Å². The van der Waals surface area contributed by atoms with Crippen LogP contribution in [0.2, 0.25) is 0 Å². The van der Waals surface area contributed by atoms with Gasteiger partial charge < -0.3 is 4.85 Å². The minimum atomic E-state index is 0.342. The summed E-state index contributed by atoms with van der Waals surface area (Å²) in [7, 11) is 0. The maximum absolute atomic E-state index is 6.80. The third-order valence-corrected chi connectivity index (χ3v) is 1.46. The van der Waals surface area contributed by atoms with E-state index in [1.165, 1.54) is 0 Å². The van der Waals surface area contributed by atoms with Crippen LogP contribution in [0.15, 0.2) is 12.3 Å². The van der Waals surface area contributed by atoms with Gasteiger partial charge in [-0.25, -0.2) is 0 Å². The van der Waals surface area contributed by atoms with Gasteiger partial charge in [-0.05, 0) is 22.6 Å². The Morgan fingerprint density at radius 2 is 2.27 bits per heavy atom. The molecule has 3 heteroatoms. The molecule has 0 aliphatic rings. The summed E-state index contributed by atoms with van der Waals surface area (Å²) in [5, 5.41) is 7.35. The topological polar surface area (TPSA) is 30.1 Å². The van der Waals surface area contributed by atoms with Crippen LogP contribution in [0, 0.1) is 6.57 Å². The normalized spacial score (nSPS) is 9.64. The van der Waals surface area contributed by atoms with Crippen LogP contribution in [-0.2, 0) is 0 Å². The second-order valence-corrected chi connectivity index (χ2v) is 2.58. The van der Waals surface area contributed by atoms with Gasteiger partial charge in [-0.2, -0.15) is 0 Å². The zero-order valence-corrected chi connectivity index (χ0v) is 6.57. The molecule has 0 N–H and O–H groups in total. The van der Waals surface area contributed by atoms with E-state index in [-0.39, 0.29) is 0 Å². The highest BCUT2D eigenvalue weighted by molar-refractivity contribution is 5.44. The van der Waals surface area contributed by atoms with Gasteiger partial charge in [0.15, 0.2) is 0 Å². The van der Waals surface area contributed by atoms with E-state index in [4.69, 9.17) is 6.57 Å². The van der Waals surface area contributed by atoms with E-state index in [1.807, 2.05) is 19.9 Å². The summed E-state index contributed by atoms with van der Waals surface area (Å²) in [6, 6.07) is 1.84. The number of hydrogen-bond donors (Lipinski definition) is 0. The van der Waals surface area contributed by atoms with Crippen molar-refractivity contribution in [1.82, 2.24) is 10.2 Å². The van der Waals surface area contributed by atoms with E-state index in [1.54, 1.807) is 6.20 Å². The molecule has 1 rings (SSSR count). The van der Waals surface area contributed by atoms with Crippen molar-refractivity contribution >= 4 is 5.82 Å². The van der Waals surface area contributed by atoms with Crippen LogP contribution in [0.3, 0.4) is 0 Å². The predicted octanol–water partition coefficient (Wildman–Crippen LogP) is 2.15. The molecular weight excluding hydrogens is 138 g/mol. The molecule has 1 heterocycles. The standard InChI is InChI=1S/C8H9N3/c1-6(2)7-4-5-10-11-8(7)9-3/h4-6H,1-2H3. The van der Waals surface area contributed by atoms with Crippen molar-refractivity contribution in [1.29, 1.82) is 0 Å². The van der Waals surface area contributed by atoms with Gasteiger partial charge in [0.1, 0.15) is 0 Å². The summed E-state index contributed by atoms with van der Waals surface area (Å²) in [5.74, 6) is 0.761. The largest absolute Gasteiger partial charge is 0.359 e. The van der Waals surface area contributed by atoms with Gasteiger partial charge in [0, 0.05) is 0 Å². The van der Waals surface area contributed by atoms with Crippen molar-refractivity contribution in [3.63, 3.8) is 0 Å². The lowest BCUT2D eigenvalue weighted by Crippen LogP contribution is -1.90. The van der Waals surface area contributed by atoms with Gasteiger partial charge in [0.05, 0.1) is 6.20 Å². The Kier molecular flexibility index (Phi) is 2.17. The van der Waals surface area contributed by atoms with Crippen molar-refractivity contribution in [2.24, 2.45) is 0 Å². The van der Waals surface area contributed by atoms with E-state index < -0.39 is 0 Å². The number of nitrogens with zero attached hydrogens (tertiary/aromatic N) is 3. The highest BCUT2D eigenvalue weighted by Gasteiger charge is 2.06. The fourth-order valence-corrected chi connectivity index (χ4v) is 0.871. The third-order valence-electron chi connectivity index (χ3n) is 1.46. The summed E-state index contributed by atoms with van der Waals surface area (Å²) in [5.41, 5.74) is 0.968. The van der Waals surface area contributed by atoms with E-state index in [0.717, 1.165) is 5.56 Å². The fourth-order valence-electron chi connectivity index (χ4n) is 0.871. The Bertz CT molecular complexity index is 286. The maximum Gasteiger partial charge on any atom is 0.299 e. The van der Waals surface area contributed by atoms with Crippen LogP contribution in [0.5, 0.6) is 0 Å². The first-order valence-corrected chi connectivity index (χ1v) is 3.44. The van der Waals surface area contributed by atoms with Gasteiger partial charge in [0.25, 0.3) is 5.82 Å². The van der Waals surface area contributed by atoms with E-state index in [2.05, 4.69) is 15.0 Å². The molecule has 1 aromatic heterocycles. The Balaban J connectivity index is 3.15. The molecule has 0 aliphatic carbocycles. The zero-order valence-electron chi connectivity index (χ0n) is 6.57. The molecule has 0 saturated carbocycles.